The van der Waals surface area contributed by atoms with Crippen molar-refractivity contribution >= 4 is 0 Å². The number of rotatable bonds is 11. The lowest BCUT2D eigenvalue weighted by Gasteiger charge is -2.16. The number of likely N-dealkylation sites (N-methyl/N-ethyl adjacent to an activating group) is 1. The van der Waals surface area contributed by atoms with Gasteiger partial charge >= 0.3 is 0 Å². The molecule has 1 aliphatic rings. The molecule has 0 aliphatic heterocycles. The van der Waals surface area contributed by atoms with E-state index >= 15 is 0 Å². The molecule has 1 unspecified atom stereocenters. The lowest BCUT2D eigenvalue weighted by molar-refractivity contribution is -0.00595. The number of nitrogens with zero attached hydrogens (tertiary/aromatic N) is 1. The third kappa shape index (κ3) is 9.35. The Morgan fingerprint density at radius 3 is 2.68 bits per heavy atom. The molecule has 0 radical (unpaired) electrons. The highest BCUT2D eigenvalue weighted by Gasteiger charge is 2.16. The molecule has 0 aromatic carbocycles. The molecule has 19 heavy (non-hydrogen) atoms. The summed E-state index contributed by atoms with van der Waals surface area (Å²) in [6.07, 6.45) is 4.80. The molecule has 114 valence electrons. The second-order valence-electron chi connectivity index (χ2n) is 5.51. The number of nitrogens with one attached hydrogen (secondary N) is 1. The molecular formula is C14H30N2O3. The molecule has 2 N–H and O–H groups in total. The molecule has 0 amide bonds. The minimum atomic E-state index is -0.414. The molecule has 0 aromatic heterocycles. The van der Waals surface area contributed by atoms with E-state index in [0.29, 0.717) is 25.9 Å². The van der Waals surface area contributed by atoms with E-state index in [0.717, 1.165) is 32.5 Å². The van der Waals surface area contributed by atoms with Crippen LogP contribution < -0.4 is 5.32 Å². The highest BCUT2D eigenvalue weighted by molar-refractivity contribution is 4.68. The molecule has 1 aliphatic carbocycles. The third-order valence-electron chi connectivity index (χ3n) is 3.31. The van der Waals surface area contributed by atoms with Crippen LogP contribution in [-0.4, -0.2) is 75.8 Å². The van der Waals surface area contributed by atoms with E-state index in [1.165, 1.54) is 12.8 Å². The van der Waals surface area contributed by atoms with Gasteiger partial charge in [0.25, 0.3) is 0 Å². The Morgan fingerprint density at radius 2 is 2.00 bits per heavy atom. The van der Waals surface area contributed by atoms with Crippen LogP contribution in [0.5, 0.6) is 0 Å². The largest absolute Gasteiger partial charge is 0.389 e. The lowest BCUT2D eigenvalue weighted by Crippen LogP contribution is -2.33. The first-order valence-electron chi connectivity index (χ1n) is 7.41. The van der Waals surface area contributed by atoms with Crippen LogP contribution in [0.4, 0.5) is 0 Å². The highest BCUT2D eigenvalue weighted by Crippen LogP contribution is 2.20. The van der Waals surface area contributed by atoms with Crippen molar-refractivity contribution in [3.05, 3.63) is 0 Å². The standard InChI is InChI=1S/C14H30N2O3/c1-16(2)8-10-18-9-7-15-11-13(17)12-19-14-5-3-4-6-14/h13-15,17H,3-12H2,1-2H3. The third-order valence-corrected chi connectivity index (χ3v) is 3.31. The summed E-state index contributed by atoms with van der Waals surface area (Å²) in [5.74, 6) is 0. The Kier molecular flexibility index (Phi) is 9.38. The predicted molar refractivity (Wildman–Crippen MR) is 76.5 cm³/mol. The smallest absolute Gasteiger partial charge is 0.0897 e. The summed E-state index contributed by atoms with van der Waals surface area (Å²) in [7, 11) is 4.06. The molecule has 5 heteroatoms. The van der Waals surface area contributed by atoms with Gasteiger partial charge in [-0.1, -0.05) is 12.8 Å². The van der Waals surface area contributed by atoms with Crippen LogP contribution in [0, 0.1) is 0 Å². The van der Waals surface area contributed by atoms with Crippen molar-refractivity contribution < 1.29 is 14.6 Å². The fraction of sp³-hybridized carbons (Fsp3) is 1.00. The van der Waals surface area contributed by atoms with Gasteiger partial charge in [-0.3, -0.25) is 0 Å². The van der Waals surface area contributed by atoms with Crippen LogP contribution in [0.15, 0.2) is 0 Å². The first-order chi connectivity index (χ1) is 9.18. The Hall–Kier alpha value is -0.200. The molecule has 0 bridgehead atoms. The fourth-order valence-electron chi connectivity index (χ4n) is 2.12. The minimum absolute atomic E-state index is 0.379. The molecular weight excluding hydrogens is 244 g/mol. The average Bonchev–Trinajstić information content (AvgIpc) is 2.88. The van der Waals surface area contributed by atoms with Gasteiger partial charge in [0.05, 0.1) is 32.0 Å². The van der Waals surface area contributed by atoms with Crippen molar-refractivity contribution in [2.24, 2.45) is 0 Å². The summed E-state index contributed by atoms with van der Waals surface area (Å²) >= 11 is 0. The van der Waals surface area contributed by atoms with Gasteiger partial charge in [0, 0.05) is 19.6 Å². The van der Waals surface area contributed by atoms with Crippen molar-refractivity contribution in [3.8, 4) is 0 Å². The second kappa shape index (κ2) is 10.6. The summed E-state index contributed by atoms with van der Waals surface area (Å²) in [5.41, 5.74) is 0. The van der Waals surface area contributed by atoms with Crippen molar-refractivity contribution in [3.63, 3.8) is 0 Å². The molecule has 0 saturated heterocycles. The van der Waals surface area contributed by atoms with Crippen molar-refractivity contribution in [1.29, 1.82) is 0 Å². The quantitative estimate of drug-likeness (QED) is 0.537. The summed E-state index contributed by atoms with van der Waals surface area (Å²) < 4.78 is 11.1. The normalized spacial score (nSPS) is 18.3. The van der Waals surface area contributed by atoms with Crippen LogP contribution >= 0.6 is 0 Å². The summed E-state index contributed by atoms with van der Waals surface area (Å²) in [6.45, 7) is 4.17. The van der Waals surface area contributed by atoms with E-state index in [4.69, 9.17) is 9.47 Å². The van der Waals surface area contributed by atoms with E-state index < -0.39 is 6.10 Å². The Bertz CT molecular complexity index is 209. The van der Waals surface area contributed by atoms with Crippen LogP contribution in [0.25, 0.3) is 0 Å². The van der Waals surface area contributed by atoms with Gasteiger partial charge in [-0.2, -0.15) is 0 Å². The van der Waals surface area contributed by atoms with Crippen molar-refractivity contribution in [2.45, 2.75) is 37.9 Å². The number of aliphatic hydroxyl groups is 1. The maximum Gasteiger partial charge on any atom is 0.0897 e. The van der Waals surface area contributed by atoms with Crippen molar-refractivity contribution in [1.82, 2.24) is 10.2 Å². The van der Waals surface area contributed by atoms with Gasteiger partial charge in [-0.25, -0.2) is 0 Å². The van der Waals surface area contributed by atoms with E-state index in [-0.39, 0.29) is 0 Å². The van der Waals surface area contributed by atoms with E-state index in [1.807, 2.05) is 14.1 Å². The van der Waals surface area contributed by atoms with Gasteiger partial charge in [0.15, 0.2) is 0 Å². The Morgan fingerprint density at radius 1 is 1.26 bits per heavy atom. The SMILES string of the molecule is CN(C)CCOCCNCC(O)COC1CCCC1. The maximum atomic E-state index is 9.75. The van der Waals surface area contributed by atoms with E-state index in [9.17, 15) is 5.11 Å². The average molecular weight is 274 g/mol. The Labute approximate surface area is 117 Å². The van der Waals surface area contributed by atoms with Gasteiger partial charge in [0.2, 0.25) is 0 Å². The lowest BCUT2D eigenvalue weighted by atomic mass is 10.3. The number of aliphatic hydroxyl groups excluding tert-OH is 1. The van der Waals surface area contributed by atoms with Gasteiger partial charge in [-0.15, -0.1) is 0 Å². The topological polar surface area (TPSA) is 54.0 Å². The number of ether oxygens (including phenoxy) is 2. The first-order valence-corrected chi connectivity index (χ1v) is 7.41. The zero-order valence-corrected chi connectivity index (χ0v) is 12.4. The molecule has 5 nitrogen and oxygen atoms in total. The monoisotopic (exact) mass is 274 g/mol. The van der Waals surface area contributed by atoms with Crippen LogP contribution in [0.3, 0.4) is 0 Å². The zero-order chi connectivity index (χ0) is 13.9. The number of hydrogen-bond acceptors (Lipinski definition) is 5. The van der Waals surface area contributed by atoms with Gasteiger partial charge < -0.3 is 24.8 Å². The molecule has 1 saturated carbocycles. The van der Waals surface area contributed by atoms with Crippen molar-refractivity contribution in [2.75, 3.05) is 53.6 Å². The second-order valence-corrected chi connectivity index (χ2v) is 5.51. The number of hydrogen-bond donors (Lipinski definition) is 2. The Balaban J connectivity index is 1.82. The summed E-state index contributed by atoms with van der Waals surface area (Å²) in [4.78, 5) is 2.09. The van der Waals surface area contributed by atoms with E-state index in [2.05, 4.69) is 10.2 Å². The van der Waals surface area contributed by atoms with Crippen LogP contribution in [-0.2, 0) is 9.47 Å². The van der Waals surface area contributed by atoms with Gasteiger partial charge in [0.1, 0.15) is 0 Å². The predicted octanol–water partition coefficient (Wildman–Crippen LogP) is 0.474. The molecule has 1 fully saturated rings. The molecule has 1 atom stereocenters. The summed E-state index contributed by atoms with van der Waals surface area (Å²) in [6, 6.07) is 0. The minimum Gasteiger partial charge on any atom is -0.389 e. The zero-order valence-electron chi connectivity index (χ0n) is 12.4. The van der Waals surface area contributed by atoms with Gasteiger partial charge in [-0.05, 0) is 26.9 Å². The molecule has 0 heterocycles. The summed E-state index contributed by atoms with van der Waals surface area (Å²) in [5, 5.41) is 12.9. The maximum absolute atomic E-state index is 9.75. The van der Waals surface area contributed by atoms with Crippen LogP contribution in [0.1, 0.15) is 25.7 Å². The van der Waals surface area contributed by atoms with E-state index in [1.54, 1.807) is 0 Å². The molecule has 0 spiro atoms. The first kappa shape index (κ1) is 16.9. The highest BCUT2D eigenvalue weighted by atomic mass is 16.5. The molecule has 0 aromatic rings. The fourth-order valence-corrected chi connectivity index (χ4v) is 2.12. The van der Waals surface area contributed by atoms with Crippen LogP contribution in [0.2, 0.25) is 0 Å². The molecule has 1 rings (SSSR count).